The maximum atomic E-state index is 13.0. The molecule has 146 valence electrons. The first-order valence-electron chi connectivity index (χ1n) is 8.62. The van der Waals surface area contributed by atoms with Crippen LogP contribution in [0.2, 0.25) is 0 Å². The molecule has 0 N–H and O–H groups in total. The fourth-order valence-electron chi connectivity index (χ4n) is 3.03. The first-order chi connectivity index (χ1) is 13.5. The van der Waals surface area contributed by atoms with Crippen LogP contribution < -0.4 is 14.2 Å². The molecule has 0 saturated carbocycles. The van der Waals surface area contributed by atoms with Crippen LogP contribution >= 0.6 is 24.0 Å². The fraction of sp³-hybridized carbons (Fsp3) is 0.238. The molecule has 0 unspecified atom stereocenters. The molecule has 1 amide bonds. The van der Waals surface area contributed by atoms with Crippen LogP contribution in [0.25, 0.3) is 6.08 Å². The van der Waals surface area contributed by atoms with E-state index in [1.807, 2.05) is 37.3 Å². The van der Waals surface area contributed by atoms with E-state index < -0.39 is 0 Å². The van der Waals surface area contributed by atoms with Crippen molar-refractivity contribution in [3.8, 4) is 17.2 Å². The second-order valence-electron chi connectivity index (χ2n) is 6.10. The summed E-state index contributed by atoms with van der Waals surface area (Å²) in [6, 6.07) is 13.3. The number of thioether (sulfide) groups is 1. The number of ether oxygens (including phenoxy) is 3. The Hall–Kier alpha value is -2.51. The third-order valence-corrected chi connectivity index (χ3v) is 5.81. The average molecular weight is 416 g/mol. The molecular formula is C21H21NO4S2. The summed E-state index contributed by atoms with van der Waals surface area (Å²) in [5.41, 5.74) is 1.80. The minimum atomic E-state index is -0.139. The Bertz CT molecular complexity index is 902. The van der Waals surface area contributed by atoms with Gasteiger partial charge in [-0.15, -0.1) is 0 Å². The van der Waals surface area contributed by atoms with Crippen molar-refractivity contribution in [3.05, 3.63) is 58.5 Å². The van der Waals surface area contributed by atoms with Gasteiger partial charge < -0.3 is 14.2 Å². The number of carbonyl (C=O) groups excluding carboxylic acids is 1. The van der Waals surface area contributed by atoms with Gasteiger partial charge in [-0.3, -0.25) is 9.69 Å². The lowest BCUT2D eigenvalue weighted by atomic mass is 10.1. The highest BCUT2D eigenvalue weighted by molar-refractivity contribution is 8.26. The van der Waals surface area contributed by atoms with Crippen LogP contribution in [0.4, 0.5) is 0 Å². The van der Waals surface area contributed by atoms with E-state index in [9.17, 15) is 4.79 Å². The monoisotopic (exact) mass is 415 g/mol. The molecule has 3 rings (SSSR count). The van der Waals surface area contributed by atoms with E-state index in [2.05, 4.69) is 0 Å². The van der Waals surface area contributed by atoms with E-state index in [0.29, 0.717) is 26.5 Å². The highest BCUT2D eigenvalue weighted by atomic mass is 32.2. The maximum absolute atomic E-state index is 13.0. The zero-order chi connectivity index (χ0) is 20.3. The van der Waals surface area contributed by atoms with Crippen LogP contribution in [-0.4, -0.2) is 36.5 Å². The number of rotatable bonds is 6. The van der Waals surface area contributed by atoms with Gasteiger partial charge in [-0.05, 0) is 36.3 Å². The van der Waals surface area contributed by atoms with Crippen LogP contribution in [0.15, 0.2) is 47.4 Å². The molecular weight excluding hydrogens is 394 g/mol. The predicted octanol–water partition coefficient (Wildman–Crippen LogP) is 4.67. The van der Waals surface area contributed by atoms with Crippen molar-refractivity contribution in [3.63, 3.8) is 0 Å². The van der Waals surface area contributed by atoms with Crippen LogP contribution in [0.5, 0.6) is 17.2 Å². The van der Waals surface area contributed by atoms with Crippen molar-refractivity contribution >= 4 is 40.3 Å². The number of hydrogen-bond acceptors (Lipinski definition) is 6. The van der Waals surface area contributed by atoms with E-state index in [1.165, 1.54) is 11.8 Å². The van der Waals surface area contributed by atoms with Crippen LogP contribution in [0.3, 0.4) is 0 Å². The standard InChI is InChI=1S/C21H21NO4S2/c1-13(15-8-6-5-7-9-15)22-20(23)18(28-21(22)27)12-14-10-16(24-2)19(26-4)17(11-14)25-3/h5-13H,1-4H3/b18-12+/t13-/m1/s1. The molecule has 2 aromatic carbocycles. The van der Waals surface area contributed by atoms with Gasteiger partial charge in [-0.1, -0.05) is 54.3 Å². The minimum absolute atomic E-state index is 0.111. The van der Waals surface area contributed by atoms with E-state index in [0.717, 1.165) is 11.1 Å². The Kier molecular flexibility index (Phi) is 6.26. The SMILES string of the molecule is COc1cc(/C=C2/SC(=S)N([C@H](C)c3ccccc3)C2=O)cc(OC)c1OC. The van der Waals surface area contributed by atoms with Gasteiger partial charge in [-0.2, -0.15) is 0 Å². The fourth-order valence-corrected chi connectivity index (χ4v) is 4.45. The molecule has 2 aromatic rings. The van der Waals surface area contributed by atoms with Crippen molar-refractivity contribution in [2.24, 2.45) is 0 Å². The topological polar surface area (TPSA) is 48.0 Å². The van der Waals surface area contributed by atoms with Gasteiger partial charge in [-0.25, -0.2) is 0 Å². The summed E-state index contributed by atoms with van der Waals surface area (Å²) in [7, 11) is 4.67. The summed E-state index contributed by atoms with van der Waals surface area (Å²) in [6.45, 7) is 1.97. The summed E-state index contributed by atoms with van der Waals surface area (Å²) < 4.78 is 16.7. The lowest BCUT2D eigenvalue weighted by molar-refractivity contribution is -0.123. The molecule has 1 aliphatic heterocycles. The number of thiocarbonyl (C=S) groups is 1. The molecule has 0 spiro atoms. The third kappa shape index (κ3) is 3.86. The summed E-state index contributed by atoms with van der Waals surface area (Å²) >= 11 is 6.77. The first-order valence-corrected chi connectivity index (χ1v) is 9.84. The van der Waals surface area contributed by atoms with E-state index in [1.54, 1.807) is 44.4 Å². The maximum Gasteiger partial charge on any atom is 0.266 e. The van der Waals surface area contributed by atoms with Crippen LogP contribution in [-0.2, 0) is 4.79 Å². The second-order valence-corrected chi connectivity index (χ2v) is 7.77. The number of methoxy groups -OCH3 is 3. The summed E-state index contributed by atoms with van der Waals surface area (Å²) in [5.74, 6) is 1.45. The number of carbonyl (C=O) groups is 1. The Morgan fingerprint density at radius 3 is 2.18 bits per heavy atom. The van der Waals surface area contributed by atoms with Gasteiger partial charge in [0.2, 0.25) is 5.75 Å². The molecule has 5 nitrogen and oxygen atoms in total. The smallest absolute Gasteiger partial charge is 0.266 e. The molecule has 1 saturated heterocycles. The number of benzene rings is 2. The lowest BCUT2D eigenvalue weighted by Crippen LogP contribution is -2.30. The minimum Gasteiger partial charge on any atom is -0.493 e. The highest BCUT2D eigenvalue weighted by Gasteiger charge is 2.36. The van der Waals surface area contributed by atoms with Gasteiger partial charge in [0.15, 0.2) is 11.5 Å². The second kappa shape index (κ2) is 8.67. The third-order valence-electron chi connectivity index (χ3n) is 4.48. The number of nitrogens with zero attached hydrogens (tertiary/aromatic N) is 1. The van der Waals surface area contributed by atoms with Gasteiger partial charge in [0.05, 0.1) is 32.3 Å². The lowest BCUT2D eigenvalue weighted by Gasteiger charge is -2.23. The van der Waals surface area contributed by atoms with Gasteiger partial charge in [0.1, 0.15) is 4.32 Å². The van der Waals surface area contributed by atoms with Crippen LogP contribution in [0, 0.1) is 0 Å². The largest absolute Gasteiger partial charge is 0.493 e. The molecule has 0 aliphatic carbocycles. The molecule has 0 radical (unpaired) electrons. The Labute approximate surface area is 174 Å². The van der Waals surface area contributed by atoms with Gasteiger partial charge >= 0.3 is 0 Å². The summed E-state index contributed by atoms with van der Waals surface area (Å²) in [5, 5.41) is 0. The van der Waals surface area contributed by atoms with Crippen molar-refractivity contribution < 1.29 is 19.0 Å². The Morgan fingerprint density at radius 1 is 1.04 bits per heavy atom. The Balaban J connectivity index is 1.94. The molecule has 0 aromatic heterocycles. The van der Waals surface area contributed by atoms with E-state index >= 15 is 0 Å². The van der Waals surface area contributed by atoms with Crippen molar-refractivity contribution in [1.82, 2.24) is 4.90 Å². The Morgan fingerprint density at radius 2 is 1.64 bits per heavy atom. The van der Waals surface area contributed by atoms with Crippen LogP contribution in [0.1, 0.15) is 24.1 Å². The quantitative estimate of drug-likeness (QED) is 0.505. The molecule has 1 aliphatic rings. The van der Waals surface area contributed by atoms with Gasteiger partial charge in [0, 0.05) is 0 Å². The molecule has 1 atom stereocenters. The normalized spacial score (nSPS) is 16.4. The average Bonchev–Trinajstić information content (AvgIpc) is 3.00. The summed E-state index contributed by atoms with van der Waals surface area (Å²) in [4.78, 5) is 15.2. The zero-order valence-electron chi connectivity index (χ0n) is 16.1. The van der Waals surface area contributed by atoms with E-state index in [4.69, 9.17) is 26.4 Å². The van der Waals surface area contributed by atoms with Crippen molar-refractivity contribution in [2.45, 2.75) is 13.0 Å². The molecule has 28 heavy (non-hydrogen) atoms. The molecule has 1 heterocycles. The molecule has 7 heteroatoms. The highest BCUT2D eigenvalue weighted by Crippen LogP contribution is 2.41. The van der Waals surface area contributed by atoms with Gasteiger partial charge in [0.25, 0.3) is 5.91 Å². The number of hydrogen-bond donors (Lipinski definition) is 0. The zero-order valence-corrected chi connectivity index (χ0v) is 17.7. The predicted molar refractivity (Wildman–Crippen MR) is 116 cm³/mol. The summed E-state index contributed by atoms with van der Waals surface area (Å²) in [6.07, 6.45) is 1.79. The van der Waals surface area contributed by atoms with Crippen molar-refractivity contribution in [1.29, 1.82) is 0 Å². The van der Waals surface area contributed by atoms with Crippen molar-refractivity contribution in [2.75, 3.05) is 21.3 Å². The number of amides is 1. The molecule has 0 bridgehead atoms. The first kappa shape index (κ1) is 20.2. The van der Waals surface area contributed by atoms with E-state index in [-0.39, 0.29) is 11.9 Å². The molecule has 1 fully saturated rings.